The molecule has 0 heterocycles. The molecule has 4 aliphatic carbocycles. The summed E-state index contributed by atoms with van der Waals surface area (Å²) >= 11 is 0. The Morgan fingerprint density at radius 1 is 1.30 bits per heavy atom. The third-order valence-electron chi connectivity index (χ3n) is 9.33. The average molecular weight is 467 g/mol. The molecular formula is C25H32F2O6. The van der Waals surface area contributed by atoms with Gasteiger partial charge in [0, 0.05) is 29.1 Å². The van der Waals surface area contributed by atoms with Gasteiger partial charge in [0.2, 0.25) is 5.78 Å². The van der Waals surface area contributed by atoms with Gasteiger partial charge < -0.3 is 14.9 Å². The number of ether oxygens (including phenoxy) is 1. The number of aliphatic hydroxyl groups excluding tert-OH is 2. The molecule has 0 radical (unpaired) electrons. The number of esters is 1. The Morgan fingerprint density at radius 3 is 2.58 bits per heavy atom. The third-order valence-corrected chi connectivity index (χ3v) is 9.33. The first kappa shape index (κ1) is 24.2. The van der Waals surface area contributed by atoms with Crippen LogP contribution in [0.25, 0.3) is 0 Å². The second-order valence-corrected chi connectivity index (χ2v) is 10.7. The first-order valence-corrected chi connectivity index (χ1v) is 11.7. The highest BCUT2D eigenvalue weighted by molar-refractivity contribution is 6.01. The van der Waals surface area contributed by atoms with Crippen molar-refractivity contribution >= 4 is 17.5 Å². The highest BCUT2D eigenvalue weighted by Gasteiger charge is 2.77. The first-order chi connectivity index (χ1) is 15.3. The lowest BCUT2D eigenvalue weighted by atomic mass is 9.44. The van der Waals surface area contributed by atoms with Gasteiger partial charge in [-0.15, -0.1) is 0 Å². The van der Waals surface area contributed by atoms with Gasteiger partial charge in [-0.2, -0.15) is 0 Å². The van der Waals surface area contributed by atoms with Crippen molar-refractivity contribution in [3.05, 3.63) is 23.8 Å². The molecule has 0 amide bonds. The molecular weight excluding hydrogens is 434 g/mol. The number of alkyl halides is 2. The van der Waals surface area contributed by atoms with E-state index in [0.717, 1.165) is 0 Å². The molecule has 1 unspecified atom stereocenters. The fourth-order valence-corrected chi connectivity index (χ4v) is 7.75. The van der Waals surface area contributed by atoms with Crippen LogP contribution in [0.15, 0.2) is 23.8 Å². The van der Waals surface area contributed by atoms with Crippen molar-refractivity contribution in [2.24, 2.45) is 28.6 Å². The molecule has 4 aliphatic rings. The van der Waals surface area contributed by atoms with Gasteiger partial charge >= 0.3 is 5.97 Å². The minimum absolute atomic E-state index is 0.0606. The Hall–Kier alpha value is -1.93. The predicted molar refractivity (Wildman–Crippen MR) is 114 cm³/mol. The highest BCUT2D eigenvalue weighted by atomic mass is 19.1. The molecule has 4 rings (SSSR count). The molecule has 3 fully saturated rings. The van der Waals surface area contributed by atoms with Gasteiger partial charge in [0.1, 0.15) is 0 Å². The summed E-state index contributed by atoms with van der Waals surface area (Å²) in [6, 6.07) is 0. The van der Waals surface area contributed by atoms with Crippen LogP contribution < -0.4 is 0 Å². The minimum Gasteiger partial charge on any atom is -0.450 e. The lowest BCUT2D eigenvalue weighted by molar-refractivity contribution is -0.232. The molecule has 0 aliphatic heterocycles. The maximum atomic E-state index is 17.2. The Balaban J connectivity index is 1.86. The second kappa shape index (κ2) is 7.54. The van der Waals surface area contributed by atoms with Crippen LogP contribution in [0.1, 0.15) is 59.8 Å². The van der Waals surface area contributed by atoms with Crippen LogP contribution in [0.5, 0.6) is 0 Å². The molecule has 0 aromatic carbocycles. The average Bonchev–Trinajstić information content (AvgIpc) is 2.96. The summed E-state index contributed by atoms with van der Waals surface area (Å²) in [5.74, 6) is -4.13. The summed E-state index contributed by atoms with van der Waals surface area (Å²) in [6.07, 6.45) is 0.578. The standard InChI is InChI=1S/C25H32F2O6/c1-5-19(30)33-25(20(31)21(26)32)13(2)10-17-16-7-6-14-11-15(28)8-9-22(14,3)24(16,27)18(29)12-23(17,25)4/h8-9,11,13,16-18,21,29,32H,5-7,10,12H2,1-4H3/t13-,16+,17+,18+,21?,22+,23+,24+,25+/m1/s1. The van der Waals surface area contributed by atoms with Crippen LogP contribution >= 0.6 is 0 Å². The van der Waals surface area contributed by atoms with Gasteiger partial charge in [0.15, 0.2) is 17.1 Å². The first-order valence-electron chi connectivity index (χ1n) is 11.7. The van der Waals surface area contributed by atoms with Crippen LogP contribution in [0, 0.1) is 28.6 Å². The van der Waals surface area contributed by atoms with E-state index in [-0.39, 0.29) is 25.0 Å². The number of hydrogen-bond acceptors (Lipinski definition) is 6. The normalized spacial score (nSPS) is 47.2. The lowest BCUT2D eigenvalue weighted by Crippen LogP contribution is -2.70. The lowest BCUT2D eigenvalue weighted by Gasteiger charge is -2.62. The molecule has 3 saturated carbocycles. The van der Waals surface area contributed by atoms with Crippen molar-refractivity contribution in [1.29, 1.82) is 0 Å². The minimum atomic E-state index is -2.87. The molecule has 9 atom stereocenters. The number of allylic oxidation sites excluding steroid dienone is 4. The van der Waals surface area contributed by atoms with E-state index in [9.17, 15) is 29.0 Å². The summed E-state index contributed by atoms with van der Waals surface area (Å²) in [6.45, 7) is 6.51. The SMILES string of the molecule is CCC(=O)O[C@]1(C(=O)C(O)F)[C@H](C)C[C@H]2[C@@H]3CCC4=CC(=O)C=C[C@]4(C)[C@@]3(F)[C@@H](O)C[C@@]21C. The molecule has 33 heavy (non-hydrogen) atoms. The molecule has 0 aromatic heterocycles. The number of halogens is 2. The fraction of sp³-hybridized carbons (Fsp3) is 0.720. The van der Waals surface area contributed by atoms with Crippen LogP contribution in [-0.2, 0) is 19.1 Å². The number of rotatable bonds is 4. The summed E-state index contributed by atoms with van der Waals surface area (Å²) in [7, 11) is 0. The smallest absolute Gasteiger partial charge is 0.306 e. The van der Waals surface area contributed by atoms with E-state index in [1.807, 2.05) is 0 Å². The highest BCUT2D eigenvalue weighted by Crippen LogP contribution is 2.71. The van der Waals surface area contributed by atoms with Crippen molar-refractivity contribution in [3.63, 3.8) is 0 Å². The Bertz CT molecular complexity index is 959. The maximum absolute atomic E-state index is 17.2. The summed E-state index contributed by atoms with van der Waals surface area (Å²) in [5.41, 5.74) is -6.01. The van der Waals surface area contributed by atoms with Crippen molar-refractivity contribution in [1.82, 2.24) is 0 Å². The van der Waals surface area contributed by atoms with Crippen molar-refractivity contribution in [2.75, 3.05) is 0 Å². The van der Waals surface area contributed by atoms with E-state index >= 15 is 4.39 Å². The number of ketones is 2. The number of Topliss-reactive ketones (excluding diaryl/α,β-unsaturated/α-hetero) is 1. The molecule has 6 nitrogen and oxygen atoms in total. The van der Waals surface area contributed by atoms with Crippen molar-refractivity contribution < 1.29 is 38.1 Å². The monoisotopic (exact) mass is 466 g/mol. The quantitative estimate of drug-likeness (QED) is 0.618. The predicted octanol–water partition coefficient (Wildman–Crippen LogP) is 3.15. The summed E-state index contributed by atoms with van der Waals surface area (Å²) in [4.78, 5) is 37.5. The molecule has 2 N–H and O–H groups in total. The Kier molecular flexibility index (Phi) is 5.53. The zero-order chi connectivity index (χ0) is 24.6. The molecule has 0 spiro atoms. The third kappa shape index (κ3) is 2.86. The molecule has 8 heteroatoms. The van der Waals surface area contributed by atoms with E-state index in [1.54, 1.807) is 27.7 Å². The largest absolute Gasteiger partial charge is 0.450 e. The van der Waals surface area contributed by atoms with E-state index in [2.05, 4.69) is 0 Å². The van der Waals surface area contributed by atoms with Gasteiger partial charge in [-0.1, -0.05) is 32.4 Å². The maximum Gasteiger partial charge on any atom is 0.306 e. The molecule has 182 valence electrons. The van der Waals surface area contributed by atoms with Crippen molar-refractivity contribution in [3.8, 4) is 0 Å². The molecule has 0 aromatic rings. The Morgan fingerprint density at radius 2 is 1.97 bits per heavy atom. The van der Waals surface area contributed by atoms with E-state index in [1.165, 1.54) is 18.2 Å². The van der Waals surface area contributed by atoms with E-state index < -0.39 is 64.1 Å². The van der Waals surface area contributed by atoms with Crippen LogP contribution in [0.2, 0.25) is 0 Å². The summed E-state index contributed by atoms with van der Waals surface area (Å²) in [5, 5.41) is 21.0. The van der Waals surface area contributed by atoms with E-state index in [0.29, 0.717) is 18.4 Å². The van der Waals surface area contributed by atoms with Gasteiger partial charge in [-0.3, -0.25) is 14.4 Å². The number of aliphatic hydroxyl groups is 2. The zero-order valence-corrected chi connectivity index (χ0v) is 19.4. The zero-order valence-electron chi connectivity index (χ0n) is 19.4. The topological polar surface area (TPSA) is 101 Å². The van der Waals surface area contributed by atoms with Crippen LogP contribution in [-0.4, -0.2) is 51.5 Å². The summed E-state index contributed by atoms with van der Waals surface area (Å²) < 4.78 is 36.9. The van der Waals surface area contributed by atoms with Crippen LogP contribution in [0.3, 0.4) is 0 Å². The number of carbonyl (C=O) groups excluding carboxylic acids is 3. The van der Waals surface area contributed by atoms with Crippen LogP contribution in [0.4, 0.5) is 8.78 Å². The Labute approximate surface area is 192 Å². The van der Waals surface area contributed by atoms with E-state index in [4.69, 9.17) is 4.74 Å². The van der Waals surface area contributed by atoms with Gasteiger partial charge in [-0.25, -0.2) is 8.78 Å². The number of carbonyl (C=O) groups is 3. The molecule has 0 saturated heterocycles. The van der Waals surface area contributed by atoms with Crippen molar-refractivity contribution in [2.45, 2.75) is 83.5 Å². The second-order valence-electron chi connectivity index (χ2n) is 10.7. The molecule has 0 bridgehead atoms. The number of fused-ring (bicyclic) bond motifs is 5. The fourth-order valence-electron chi connectivity index (χ4n) is 7.75. The van der Waals surface area contributed by atoms with Gasteiger partial charge in [-0.05, 0) is 50.7 Å². The number of hydrogen-bond donors (Lipinski definition) is 2. The van der Waals surface area contributed by atoms with Gasteiger partial charge in [0.05, 0.1) is 6.10 Å². The van der Waals surface area contributed by atoms with Gasteiger partial charge in [0.25, 0.3) is 6.36 Å².